The Morgan fingerprint density at radius 1 is 1.20 bits per heavy atom. The van der Waals surface area contributed by atoms with Gasteiger partial charge in [-0.2, -0.15) is 0 Å². The van der Waals surface area contributed by atoms with E-state index in [1.165, 1.54) is 31.1 Å². The van der Waals surface area contributed by atoms with Crippen LogP contribution in [0, 0.1) is 11.8 Å². The molecule has 5 nitrogen and oxygen atoms in total. The fraction of sp³-hybridized carbons (Fsp3) is 0.579. The van der Waals surface area contributed by atoms with Gasteiger partial charge in [-0.05, 0) is 30.7 Å². The highest BCUT2D eigenvalue weighted by atomic mass is 32.2. The number of ketones is 1. The van der Waals surface area contributed by atoms with Crippen molar-refractivity contribution in [1.29, 1.82) is 0 Å². The second kappa shape index (κ2) is 8.13. The first-order valence-corrected chi connectivity index (χ1v) is 10.8. The number of pyridine rings is 1. The van der Waals surface area contributed by atoms with Gasteiger partial charge < -0.3 is 4.74 Å². The fourth-order valence-corrected chi connectivity index (χ4v) is 4.99. The number of allylic oxidation sites excluding steroid dienone is 1. The van der Waals surface area contributed by atoms with E-state index in [0.717, 1.165) is 12.3 Å². The quantitative estimate of drug-likeness (QED) is 0.660. The summed E-state index contributed by atoms with van der Waals surface area (Å²) >= 11 is 0. The summed E-state index contributed by atoms with van der Waals surface area (Å²) in [5.41, 5.74) is 0.549. The summed E-state index contributed by atoms with van der Waals surface area (Å²) in [6, 6.07) is 3.48. The van der Waals surface area contributed by atoms with E-state index in [-0.39, 0.29) is 17.5 Å². The normalized spacial score (nSPS) is 22.3. The molecule has 6 heteroatoms. The van der Waals surface area contributed by atoms with Gasteiger partial charge in [0.1, 0.15) is 0 Å². The minimum atomic E-state index is -3.05. The van der Waals surface area contributed by atoms with E-state index in [1.54, 1.807) is 24.4 Å². The third-order valence-corrected chi connectivity index (χ3v) is 6.52. The zero-order valence-electron chi connectivity index (χ0n) is 14.4. The van der Waals surface area contributed by atoms with Gasteiger partial charge in [0.2, 0.25) is 5.88 Å². The molecule has 2 heterocycles. The second-order valence-corrected chi connectivity index (χ2v) is 8.98. The number of hydrogen-bond donors (Lipinski definition) is 0. The van der Waals surface area contributed by atoms with Crippen LogP contribution in [0.2, 0.25) is 0 Å². The van der Waals surface area contributed by atoms with E-state index in [4.69, 9.17) is 4.74 Å². The molecule has 1 fully saturated rings. The van der Waals surface area contributed by atoms with Crippen LogP contribution >= 0.6 is 0 Å². The van der Waals surface area contributed by atoms with E-state index in [2.05, 4.69) is 4.98 Å². The van der Waals surface area contributed by atoms with E-state index in [9.17, 15) is 13.2 Å². The van der Waals surface area contributed by atoms with Gasteiger partial charge in [-0.1, -0.05) is 31.8 Å². The maximum Gasteiger partial charge on any atom is 0.213 e. The molecular weight excluding hydrogens is 338 g/mol. The van der Waals surface area contributed by atoms with Crippen molar-refractivity contribution in [3.63, 3.8) is 0 Å². The van der Waals surface area contributed by atoms with Crippen LogP contribution in [0.1, 0.15) is 55.3 Å². The van der Waals surface area contributed by atoms with Crippen LogP contribution in [0.5, 0.6) is 5.88 Å². The Morgan fingerprint density at radius 3 is 2.64 bits per heavy atom. The molecule has 3 rings (SSSR count). The standard InChI is InChI=1S/C19H25NO4S/c21-18(7-5-16-10-12-25(22,23)14-16)17-6-8-19(20-13-17)24-11-9-15-3-1-2-4-15/h6,8,10,12-13,15-16H,1-5,7,9,11,14H2. The van der Waals surface area contributed by atoms with Crippen molar-refractivity contribution in [3.05, 3.63) is 35.4 Å². The minimum absolute atomic E-state index is 0.0114. The van der Waals surface area contributed by atoms with Crippen molar-refractivity contribution in [2.75, 3.05) is 12.4 Å². The van der Waals surface area contributed by atoms with E-state index in [0.29, 0.717) is 30.9 Å². The summed E-state index contributed by atoms with van der Waals surface area (Å²) in [4.78, 5) is 16.4. The molecule has 1 unspecified atom stereocenters. The molecular formula is C19H25NO4S. The van der Waals surface area contributed by atoms with Crippen molar-refractivity contribution in [2.45, 2.75) is 44.9 Å². The maximum atomic E-state index is 12.2. The zero-order valence-corrected chi connectivity index (χ0v) is 15.2. The Kier molecular flexibility index (Phi) is 5.89. The average molecular weight is 363 g/mol. The molecule has 0 spiro atoms. The number of carbonyl (C=O) groups excluding carboxylic acids is 1. The Balaban J connectivity index is 1.41. The first-order valence-electron chi connectivity index (χ1n) is 9.05. The lowest BCUT2D eigenvalue weighted by molar-refractivity contribution is 0.0976. The number of ether oxygens (including phenoxy) is 1. The van der Waals surface area contributed by atoms with Gasteiger partial charge in [-0.25, -0.2) is 13.4 Å². The predicted molar refractivity (Wildman–Crippen MR) is 96.3 cm³/mol. The summed E-state index contributed by atoms with van der Waals surface area (Å²) < 4.78 is 28.4. The van der Waals surface area contributed by atoms with Crippen LogP contribution in [-0.2, 0) is 9.84 Å². The lowest BCUT2D eigenvalue weighted by Gasteiger charge is -2.10. The molecule has 0 saturated heterocycles. The summed E-state index contributed by atoms with van der Waals surface area (Å²) in [5, 5.41) is 1.25. The van der Waals surface area contributed by atoms with Gasteiger partial charge >= 0.3 is 0 Å². The SMILES string of the molecule is O=C(CCC1C=CS(=O)(=O)C1)c1ccc(OCCC2CCCC2)nc1. The zero-order chi connectivity index (χ0) is 17.7. The number of carbonyl (C=O) groups is 1. The van der Waals surface area contributed by atoms with Crippen LogP contribution in [0.4, 0.5) is 0 Å². The van der Waals surface area contributed by atoms with Gasteiger partial charge in [0.15, 0.2) is 15.6 Å². The number of hydrogen-bond acceptors (Lipinski definition) is 5. The van der Waals surface area contributed by atoms with Crippen molar-refractivity contribution >= 4 is 15.6 Å². The van der Waals surface area contributed by atoms with Gasteiger partial charge in [-0.3, -0.25) is 4.79 Å². The Bertz CT molecular complexity index is 718. The summed E-state index contributed by atoms with van der Waals surface area (Å²) in [6.07, 6.45) is 10.5. The number of rotatable bonds is 8. The van der Waals surface area contributed by atoms with Crippen LogP contribution in [0.25, 0.3) is 0 Å². The summed E-state index contributed by atoms with van der Waals surface area (Å²) in [7, 11) is -3.05. The first kappa shape index (κ1) is 18.1. The molecule has 0 aromatic carbocycles. The lowest BCUT2D eigenvalue weighted by Crippen LogP contribution is -2.09. The highest BCUT2D eigenvalue weighted by Gasteiger charge is 2.22. The Labute approximate surface area is 149 Å². The van der Waals surface area contributed by atoms with Gasteiger partial charge in [0.25, 0.3) is 0 Å². The fourth-order valence-electron chi connectivity index (χ4n) is 3.54. The largest absolute Gasteiger partial charge is 0.478 e. The molecule has 1 saturated carbocycles. The van der Waals surface area contributed by atoms with Crippen molar-refractivity contribution in [1.82, 2.24) is 4.98 Å². The molecule has 1 atom stereocenters. The first-order chi connectivity index (χ1) is 12.0. The molecule has 0 amide bonds. The predicted octanol–water partition coefficient (Wildman–Crippen LogP) is 3.56. The van der Waals surface area contributed by atoms with Crippen LogP contribution in [0.15, 0.2) is 29.8 Å². The molecule has 1 aliphatic heterocycles. The molecule has 1 aliphatic carbocycles. The highest BCUT2D eigenvalue weighted by Crippen LogP contribution is 2.27. The van der Waals surface area contributed by atoms with Crippen LogP contribution in [-0.4, -0.2) is 31.5 Å². The molecule has 0 N–H and O–H groups in total. The van der Waals surface area contributed by atoms with Crippen molar-refractivity contribution in [3.8, 4) is 5.88 Å². The monoisotopic (exact) mass is 363 g/mol. The topological polar surface area (TPSA) is 73.3 Å². The van der Waals surface area contributed by atoms with Crippen LogP contribution < -0.4 is 4.74 Å². The Hall–Kier alpha value is -1.69. The molecule has 1 aromatic rings. The smallest absolute Gasteiger partial charge is 0.213 e. The summed E-state index contributed by atoms with van der Waals surface area (Å²) in [6.45, 7) is 0.674. The minimum Gasteiger partial charge on any atom is -0.478 e. The van der Waals surface area contributed by atoms with Gasteiger partial charge in [-0.15, -0.1) is 0 Å². The maximum absolute atomic E-state index is 12.2. The molecule has 136 valence electrons. The number of sulfone groups is 1. The Morgan fingerprint density at radius 2 is 2.00 bits per heavy atom. The van der Waals surface area contributed by atoms with E-state index >= 15 is 0 Å². The third kappa shape index (κ3) is 5.39. The lowest BCUT2D eigenvalue weighted by atomic mass is 10.0. The van der Waals surface area contributed by atoms with E-state index < -0.39 is 9.84 Å². The van der Waals surface area contributed by atoms with Crippen LogP contribution in [0.3, 0.4) is 0 Å². The number of nitrogens with zero attached hydrogens (tertiary/aromatic N) is 1. The highest BCUT2D eigenvalue weighted by molar-refractivity contribution is 7.94. The van der Waals surface area contributed by atoms with Gasteiger partial charge in [0, 0.05) is 29.7 Å². The molecule has 0 radical (unpaired) electrons. The molecule has 2 aliphatic rings. The van der Waals surface area contributed by atoms with Crippen molar-refractivity contribution in [2.24, 2.45) is 11.8 Å². The summed E-state index contributed by atoms with van der Waals surface area (Å²) in [5.74, 6) is 1.39. The number of Topliss-reactive ketones (excluding diaryl/α,β-unsaturated/α-hetero) is 1. The van der Waals surface area contributed by atoms with E-state index in [1.807, 2.05) is 0 Å². The number of aromatic nitrogens is 1. The molecule has 1 aromatic heterocycles. The van der Waals surface area contributed by atoms with Crippen molar-refractivity contribution < 1.29 is 17.9 Å². The van der Waals surface area contributed by atoms with Gasteiger partial charge in [0.05, 0.1) is 12.4 Å². The average Bonchev–Trinajstić information content (AvgIpc) is 3.22. The third-order valence-electron chi connectivity index (χ3n) is 5.06. The molecule has 25 heavy (non-hydrogen) atoms. The molecule has 0 bridgehead atoms. The second-order valence-electron chi connectivity index (χ2n) is 7.05.